The van der Waals surface area contributed by atoms with Crippen molar-refractivity contribution >= 4 is 12.4 Å². The molecule has 1 saturated heterocycles. The molecule has 0 saturated carbocycles. The lowest BCUT2D eigenvalue weighted by molar-refractivity contribution is 0.235. The van der Waals surface area contributed by atoms with Crippen molar-refractivity contribution in [2.24, 2.45) is 5.73 Å². The number of nitrogens with two attached hydrogens (primary N) is 1. The van der Waals surface area contributed by atoms with Crippen molar-refractivity contribution in [3.8, 4) is 5.75 Å². The van der Waals surface area contributed by atoms with Crippen LogP contribution in [0.1, 0.15) is 11.5 Å². The van der Waals surface area contributed by atoms with Gasteiger partial charge in [0.25, 0.3) is 0 Å². The summed E-state index contributed by atoms with van der Waals surface area (Å²) in [6, 6.07) is 20.7. The van der Waals surface area contributed by atoms with Crippen molar-refractivity contribution in [2.75, 3.05) is 26.2 Å². The first-order valence-electron chi connectivity index (χ1n) is 7.53. The second kappa shape index (κ2) is 8.18. The first kappa shape index (κ1) is 16.8. The van der Waals surface area contributed by atoms with E-state index in [0.29, 0.717) is 12.5 Å². The molecule has 2 N–H and O–H groups in total. The van der Waals surface area contributed by atoms with Crippen LogP contribution in [0.5, 0.6) is 5.75 Å². The number of para-hydroxylation sites is 1. The van der Waals surface area contributed by atoms with E-state index in [9.17, 15) is 0 Å². The Labute approximate surface area is 138 Å². The van der Waals surface area contributed by atoms with Crippen LogP contribution < -0.4 is 10.5 Å². The second-order valence-electron chi connectivity index (χ2n) is 5.60. The molecule has 2 atom stereocenters. The number of hydrogen-bond acceptors (Lipinski definition) is 3. The van der Waals surface area contributed by atoms with Crippen molar-refractivity contribution in [3.63, 3.8) is 0 Å². The van der Waals surface area contributed by atoms with E-state index in [1.54, 1.807) is 0 Å². The van der Waals surface area contributed by atoms with Crippen LogP contribution in [0.25, 0.3) is 0 Å². The van der Waals surface area contributed by atoms with Crippen LogP contribution >= 0.6 is 12.4 Å². The van der Waals surface area contributed by atoms with Gasteiger partial charge in [-0.2, -0.15) is 0 Å². The van der Waals surface area contributed by atoms with Gasteiger partial charge in [0.2, 0.25) is 0 Å². The summed E-state index contributed by atoms with van der Waals surface area (Å²) < 4.78 is 5.76. The normalized spacial score (nSPS) is 21.3. The third-order valence-corrected chi connectivity index (χ3v) is 4.09. The van der Waals surface area contributed by atoms with Crippen molar-refractivity contribution in [1.29, 1.82) is 0 Å². The van der Waals surface area contributed by atoms with Gasteiger partial charge in [0.1, 0.15) is 12.4 Å². The zero-order chi connectivity index (χ0) is 14.5. The predicted octanol–water partition coefficient (Wildman–Crippen LogP) is 2.91. The summed E-state index contributed by atoms with van der Waals surface area (Å²) >= 11 is 0. The lowest BCUT2D eigenvalue weighted by atomic mass is 9.95. The highest BCUT2D eigenvalue weighted by molar-refractivity contribution is 5.85. The van der Waals surface area contributed by atoms with Crippen molar-refractivity contribution in [1.82, 2.24) is 4.90 Å². The molecule has 118 valence electrons. The number of benzene rings is 2. The largest absolute Gasteiger partial charge is 0.492 e. The highest BCUT2D eigenvalue weighted by atomic mass is 35.5. The number of rotatable bonds is 5. The first-order chi connectivity index (χ1) is 10.3. The SMILES string of the molecule is Cl.N[C@@H]1CN(CCOc2ccccc2)C[C@H]1c1ccccc1. The molecule has 0 spiro atoms. The van der Waals surface area contributed by atoms with Gasteiger partial charge in [-0.25, -0.2) is 0 Å². The summed E-state index contributed by atoms with van der Waals surface area (Å²) in [6.07, 6.45) is 0. The van der Waals surface area contributed by atoms with Crippen LogP contribution in [0.4, 0.5) is 0 Å². The van der Waals surface area contributed by atoms with Crippen LogP contribution in [0.2, 0.25) is 0 Å². The van der Waals surface area contributed by atoms with Gasteiger partial charge in [-0.15, -0.1) is 12.4 Å². The molecule has 0 radical (unpaired) electrons. The fraction of sp³-hybridized carbons (Fsp3) is 0.333. The third kappa shape index (κ3) is 4.23. The smallest absolute Gasteiger partial charge is 0.119 e. The quantitative estimate of drug-likeness (QED) is 0.921. The number of halogens is 1. The van der Waals surface area contributed by atoms with E-state index in [2.05, 4.69) is 35.2 Å². The van der Waals surface area contributed by atoms with E-state index >= 15 is 0 Å². The molecule has 0 amide bonds. The maximum Gasteiger partial charge on any atom is 0.119 e. The summed E-state index contributed by atoms with van der Waals surface area (Å²) in [5.41, 5.74) is 7.65. The molecule has 4 heteroatoms. The Kier molecular flexibility index (Phi) is 6.25. The van der Waals surface area contributed by atoms with E-state index in [0.717, 1.165) is 25.4 Å². The van der Waals surface area contributed by atoms with E-state index in [-0.39, 0.29) is 18.4 Å². The van der Waals surface area contributed by atoms with E-state index < -0.39 is 0 Å². The van der Waals surface area contributed by atoms with E-state index in [4.69, 9.17) is 10.5 Å². The molecule has 3 nitrogen and oxygen atoms in total. The van der Waals surface area contributed by atoms with Gasteiger partial charge < -0.3 is 10.5 Å². The lowest BCUT2D eigenvalue weighted by Crippen LogP contribution is -2.30. The molecule has 3 rings (SSSR count). The summed E-state index contributed by atoms with van der Waals surface area (Å²) in [5, 5.41) is 0. The zero-order valence-electron chi connectivity index (χ0n) is 12.6. The molecule has 1 heterocycles. The van der Waals surface area contributed by atoms with Crippen LogP contribution in [0.3, 0.4) is 0 Å². The Hall–Kier alpha value is -1.55. The highest BCUT2D eigenvalue weighted by Crippen LogP contribution is 2.26. The van der Waals surface area contributed by atoms with Gasteiger partial charge in [-0.05, 0) is 17.7 Å². The van der Waals surface area contributed by atoms with Crippen LogP contribution in [0, 0.1) is 0 Å². The van der Waals surface area contributed by atoms with Crippen molar-refractivity contribution in [2.45, 2.75) is 12.0 Å². The monoisotopic (exact) mass is 318 g/mol. The van der Waals surface area contributed by atoms with Gasteiger partial charge in [-0.1, -0.05) is 48.5 Å². The maximum atomic E-state index is 6.30. The summed E-state index contributed by atoms with van der Waals surface area (Å²) in [6.45, 7) is 3.59. The molecule has 2 aromatic carbocycles. The van der Waals surface area contributed by atoms with Crippen LogP contribution in [-0.4, -0.2) is 37.2 Å². The summed E-state index contributed by atoms with van der Waals surface area (Å²) in [5.74, 6) is 1.36. The Bertz CT molecular complexity index is 550. The Morgan fingerprint density at radius 2 is 1.59 bits per heavy atom. The molecule has 1 aliphatic heterocycles. The lowest BCUT2D eigenvalue weighted by Gasteiger charge is -2.16. The average molecular weight is 319 g/mol. The third-order valence-electron chi connectivity index (χ3n) is 4.09. The van der Waals surface area contributed by atoms with E-state index in [1.165, 1.54) is 5.56 Å². The molecule has 0 aliphatic carbocycles. The molecular weight excluding hydrogens is 296 g/mol. The minimum atomic E-state index is 0. The highest BCUT2D eigenvalue weighted by Gasteiger charge is 2.30. The average Bonchev–Trinajstić information content (AvgIpc) is 2.90. The van der Waals surface area contributed by atoms with Crippen LogP contribution in [-0.2, 0) is 0 Å². The van der Waals surface area contributed by atoms with E-state index in [1.807, 2.05) is 30.3 Å². The van der Waals surface area contributed by atoms with Gasteiger partial charge in [-0.3, -0.25) is 4.90 Å². The van der Waals surface area contributed by atoms with Crippen molar-refractivity contribution < 1.29 is 4.74 Å². The standard InChI is InChI=1S/C18H22N2O.ClH/c19-18-14-20(11-12-21-16-9-5-2-6-10-16)13-17(18)15-7-3-1-4-8-15;/h1-10,17-18H,11-14,19H2;1H/t17-,18+;/m0./s1. The molecular formula is C18H23ClN2O. The predicted molar refractivity (Wildman–Crippen MR) is 92.8 cm³/mol. The molecule has 0 unspecified atom stereocenters. The van der Waals surface area contributed by atoms with Crippen LogP contribution in [0.15, 0.2) is 60.7 Å². The Morgan fingerprint density at radius 3 is 2.27 bits per heavy atom. The topological polar surface area (TPSA) is 38.5 Å². The van der Waals surface area contributed by atoms with Gasteiger partial charge in [0.05, 0.1) is 0 Å². The molecule has 0 bridgehead atoms. The fourth-order valence-electron chi connectivity index (χ4n) is 2.96. The minimum absolute atomic E-state index is 0. The Morgan fingerprint density at radius 1 is 0.955 bits per heavy atom. The second-order valence-corrected chi connectivity index (χ2v) is 5.60. The van der Waals surface area contributed by atoms with Gasteiger partial charge in [0, 0.05) is 31.6 Å². The molecule has 0 aromatic heterocycles. The molecule has 22 heavy (non-hydrogen) atoms. The number of nitrogens with zero attached hydrogens (tertiary/aromatic N) is 1. The fourth-order valence-corrected chi connectivity index (χ4v) is 2.96. The number of ether oxygens (including phenoxy) is 1. The molecule has 1 fully saturated rings. The minimum Gasteiger partial charge on any atom is -0.492 e. The maximum absolute atomic E-state index is 6.30. The molecule has 2 aromatic rings. The zero-order valence-corrected chi connectivity index (χ0v) is 13.4. The summed E-state index contributed by atoms with van der Waals surface area (Å²) in [4.78, 5) is 2.39. The van der Waals surface area contributed by atoms with Gasteiger partial charge >= 0.3 is 0 Å². The van der Waals surface area contributed by atoms with Crippen molar-refractivity contribution in [3.05, 3.63) is 66.2 Å². The molecule has 1 aliphatic rings. The van der Waals surface area contributed by atoms with Gasteiger partial charge in [0.15, 0.2) is 0 Å². The number of likely N-dealkylation sites (tertiary alicyclic amines) is 1. The number of hydrogen-bond donors (Lipinski definition) is 1. The first-order valence-corrected chi connectivity index (χ1v) is 7.53. The Balaban J connectivity index is 0.00000176. The summed E-state index contributed by atoms with van der Waals surface area (Å²) in [7, 11) is 0.